The second kappa shape index (κ2) is 10.9. The molecule has 1 fully saturated rings. The van der Waals surface area contributed by atoms with Crippen molar-refractivity contribution in [2.24, 2.45) is 0 Å². The molecule has 2 rings (SSSR count). The Morgan fingerprint density at radius 2 is 2.00 bits per heavy atom. The standard InChI is InChI=1S/C20H33FN4O3S/c1-4-17-10-7-8-14-24(17)15-9-13-22-20(26)16-25(29(27,28)23(2)3)19-12-6-5-11-18(19)21/h5-6,11-12,17H,4,7-10,13-16H2,1-3H3,(H,22,26). The van der Waals surface area contributed by atoms with Crippen LogP contribution in [0.1, 0.15) is 39.0 Å². The van der Waals surface area contributed by atoms with Gasteiger partial charge in [-0.05, 0) is 44.4 Å². The van der Waals surface area contributed by atoms with Gasteiger partial charge in [-0.2, -0.15) is 12.7 Å². The van der Waals surface area contributed by atoms with Crippen LogP contribution in [0, 0.1) is 5.82 Å². The molecule has 9 heteroatoms. The van der Waals surface area contributed by atoms with Crippen molar-refractivity contribution in [1.29, 1.82) is 0 Å². The summed E-state index contributed by atoms with van der Waals surface area (Å²) in [6.07, 6.45) is 5.64. The van der Waals surface area contributed by atoms with Crippen LogP contribution in [-0.4, -0.2) is 69.8 Å². The fourth-order valence-corrected chi connectivity index (χ4v) is 4.73. The maximum Gasteiger partial charge on any atom is 0.304 e. The van der Waals surface area contributed by atoms with E-state index in [4.69, 9.17) is 0 Å². The van der Waals surface area contributed by atoms with Crippen molar-refractivity contribution in [1.82, 2.24) is 14.5 Å². The summed E-state index contributed by atoms with van der Waals surface area (Å²) in [4.78, 5) is 14.9. The zero-order valence-electron chi connectivity index (χ0n) is 17.6. The van der Waals surface area contributed by atoms with Gasteiger partial charge in [0, 0.05) is 33.2 Å². The van der Waals surface area contributed by atoms with E-state index in [1.807, 2.05) is 0 Å². The Hall–Kier alpha value is -1.71. The molecule has 1 saturated heterocycles. The lowest BCUT2D eigenvalue weighted by molar-refractivity contribution is -0.119. The fourth-order valence-electron chi connectivity index (χ4n) is 3.66. The van der Waals surface area contributed by atoms with Crippen LogP contribution in [0.5, 0.6) is 0 Å². The second-order valence-corrected chi connectivity index (χ2v) is 9.61. The quantitative estimate of drug-likeness (QED) is 0.580. The summed E-state index contributed by atoms with van der Waals surface area (Å²) >= 11 is 0. The summed E-state index contributed by atoms with van der Waals surface area (Å²) in [7, 11) is -1.31. The summed E-state index contributed by atoms with van der Waals surface area (Å²) in [6, 6.07) is 6.15. The highest BCUT2D eigenvalue weighted by molar-refractivity contribution is 7.90. The van der Waals surface area contributed by atoms with Crippen LogP contribution in [0.4, 0.5) is 10.1 Å². The van der Waals surface area contributed by atoms with E-state index in [1.54, 1.807) is 0 Å². The molecule has 164 valence electrons. The minimum Gasteiger partial charge on any atom is -0.354 e. The first kappa shape index (κ1) is 23.6. The van der Waals surface area contributed by atoms with Crippen LogP contribution in [0.3, 0.4) is 0 Å². The summed E-state index contributed by atoms with van der Waals surface area (Å²) in [5, 5.41) is 2.77. The number of nitrogens with one attached hydrogen (secondary N) is 1. The second-order valence-electron chi connectivity index (χ2n) is 7.55. The zero-order chi connectivity index (χ0) is 21.4. The number of carbonyl (C=O) groups is 1. The lowest BCUT2D eigenvalue weighted by atomic mass is 10.00. The van der Waals surface area contributed by atoms with E-state index in [-0.39, 0.29) is 5.69 Å². The molecule has 1 amide bonds. The van der Waals surface area contributed by atoms with Crippen LogP contribution >= 0.6 is 0 Å². The van der Waals surface area contributed by atoms with Crippen LogP contribution in [0.2, 0.25) is 0 Å². The van der Waals surface area contributed by atoms with Crippen molar-refractivity contribution in [3.63, 3.8) is 0 Å². The van der Waals surface area contributed by atoms with Gasteiger partial charge in [0.2, 0.25) is 5.91 Å². The molecule has 1 N–H and O–H groups in total. The number of para-hydroxylation sites is 1. The molecule has 0 bridgehead atoms. The molecule has 1 aromatic rings. The van der Waals surface area contributed by atoms with E-state index in [0.29, 0.717) is 12.6 Å². The molecule has 1 aliphatic heterocycles. The fraction of sp³-hybridized carbons (Fsp3) is 0.650. The number of carbonyl (C=O) groups excluding carboxylic acids is 1. The highest BCUT2D eigenvalue weighted by atomic mass is 32.2. The lowest BCUT2D eigenvalue weighted by Crippen LogP contribution is -2.46. The Labute approximate surface area is 174 Å². The number of benzene rings is 1. The largest absolute Gasteiger partial charge is 0.354 e. The molecule has 0 radical (unpaired) electrons. The molecule has 0 saturated carbocycles. The SMILES string of the molecule is CCC1CCCCN1CCCNC(=O)CN(c1ccccc1F)S(=O)(=O)N(C)C. The zero-order valence-corrected chi connectivity index (χ0v) is 18.4. The third-order valence-electron chi connectivity index (χ3n) is 5.31. The summed E-state index contributed by atoms with van der Waals surface area (Å²) < 4.78 is 41.2. The molecule has 1 heterocycles. The molecule has 0 spiro atoms. The van der Waals surface area contributed by atoms with E-state index in [9.17, 15) is 17.6 Å². The van der Waals surface area contributed by atoms with Crippen molar-refractivity contribution in [2.45, 2.75) is 45.1 Å². The minimum absolute atomic E-state index is 0.143. The van der Waals surface area contributed by atoms with E-state index in [0.717, 1.165) is 34.5 Å². The van der Waals surface area contributed by atoms with E-state index in [1.165, 1.54) is 57.6 Å². The number of hydrogen-bond donors (Lipinski definition) is 1. The van der Waals surface area contributed by atoms with Gasteiger partial charge in [0.25, 0.3) is 0 Å². The van der Waals surface area contributed by atoms with Gasteiger partial charge in [-0.1, -0.05) is 25.5 Å². The Balaban J connectivity index is 1.94. The summed E-state index contributed by atoms with van der Waals surface area (Å²) in [6.45, 7) is 4.19. The maximum atomic E-state index is 14.2. The van der Waals surface area contributed by atoms with E-state index in [2.05, 4.69) is 17.1 Å². The molecule has 0 aromatic heterocycles. The van der Waals surface area contributed by atoms with E-state index < -0.39 is 28.5 Å². The van der Waals surface area contributed by atoms with Crippen molar-refractivity contribution in [2.75, 3.05) is 44.6 Å². The van der Waals surface area contributed by atoms with Crippen molar-refractivity contribution in [3.8, 4) is 0 Å². The molecule has 7 nitrogen and oxygen atoms in total. The lowest BCUT2D eigenvalue weighted by Gasteiger charge is -2.35. The van der Waals surface area contributed by atoms with Gasteiger partial charge in [0.15, 0.2) is 0 Å². The van der Waals surface area contributed by atoms with Gasteiger partial charge in [0.1, 0.15) is 12.4 Å². The average Bonchev–Trinajstić information content (AvgIpc) is 2.70. The Bertz CT molecular complexity index is 773. The predicted molar refractivity (Wildman–Crippen MR) is 113 cm³/mol. The highest BCUT2D eigenvalue weighted by Crippen LogP contribution is 2.23. The molecule has 1 aliphatic rings. The Morgan fingerprint density at radius 1 is 1.28 bits per heavy atom. The van der Waals surface area contributed by atoms with Gasteiger partial charge in [-0.25, -0.2) is 8.70 Å². The van der Waals surface area contributed by atoms with Gasteiger partial charge in [-0.15, -0.1) is 0 Å². The van der Waals surface area contributed by atoms with Crippen LogP contribution in [0.25, 0.3) is 0 Å². The summed E-state index contributed by atoms with van der Waals surface area (Å²) in [5.74, 6) is -1.15. The number of anilines is 1. The molecule has 1 unspecified atom stereocenters. The molecular formula is C20H33FN4O3S. The van der Waals surface area contributed by atoms with Crippen LogP contribution in [-0.2, 0) is 15.0 Å². The molecule has 1 atom stereocenters. The number of nitrogens with zero attached hydrogens (tertiary/aromatic N) is 3. The van der Waals surface area contributed by atoms with Crippen molar-refractivity contribution >= 4 is 21.8 Å². The van der Waals surface area contributed by atoms with Gasteiger partial charge in [0.05, 0.1) is 5.69 Å². The van der Waals surface area contributed by atoms with Crippen LogP contribution in [0.15, 0.2) is 24.3 Å². The first-order valence-corrected chi connectivity index (χ1v) is 11.6. The number of amides is 1. The first-order valence-electron chi connectivity index (χ1n) is 10.2. The van der Waals surface area contributed by atoms with Crippen molar-refractivity contribution < 1.29 is 17.6 Å². The Kier molecular flexibility index (Phi) is 8.85. The molecular weight excluding hydrogens is 395 g/mol. The van der Waals surface area contributed by atoms with Gasteiger partial charge < -0.3 is 10.2 Å². The predicted octanol–water partition coefficient (Wildman–Crippen LogP) is 2.21. The minimum atomic E-state index is -4.01. The average molecular weight is 429 g/mol. The smallest absolute Gasteiger partial charge is 0.304 e. The third kappa shape index (κ3) is 6.38. The topological polar surface area (TPSA) is 73.0 Å². The number of likely N-dealkylation sites (tertiary alicyclic amines) is 1. The normalized spacial score (nSPS) is 18.0. The molecule has 1 aromatic carbocycles. The highest BCUT2D eigenvalue weighted by Gasteiger charge is 2.29. The van der Waals surface area contributed by atoms with Crippen molar-refractivity contribution in [3.05, 3.63) is 30.1 Å². The molecule has 0 aliphatic carbocycles. The monoisotopic (exact) mass is 428 g/mol. The van der Waals surface area contributed by atoms with Crippen LogP contribution < -0.4 is 9.62 Å². The maximum absolute atomic E-state index is 14.2. The Morgan fingerprint density at radius 3 is 2.66 bits per heavy atom. The van der Waals surface area contributed by atoms with Gasteiger partial charge in [-0.3, -0.25) is 4.79 Å². The number of piperidine rings is 1. The third-order valence-corrected chi connectivity index (χ3v) is 7.12. The molecule has 29 heavy (non-hydrogen) atoms. The number of hydrogen-bond acceptors (Lipinski definition) is 4. The summed E-state index contributed by atoms with van der Waals surface area (Å²) in [5.41, 5.74) is -0.143. The van der Waals surface area contributed by atoms with E-state index >= 15 is 0 Å². The van der Waals surface area contributed by atoms with Gasteiger partial charge >= 0.3 is 10.2 Å². The number of halogens is 1. The number of rotatable bonds is 10. The first-order chi connectivity index (χ1) is 13.8.